The highest BCUT2D eigenvalue weighted by Crippen LogP contribution is 2.28. The van der Waals surface area contributed by atoms with Crippen LogP contribution in [0.25, 0.3) is 0 Å². The third-order valence-corrected chi connectivity index (χ3v) is 5.42. The van der Waals surface area contributed by atoms with Gasteiger partial charge in [0.1, 0.15) is 35.5 Å². The number of para-hydroxylation sites is 1. The van der Waals surface area contributed by atoms with Crippen LogP contribution >= 0.6 is 35.0 Å². The van der Waals surface area contributed by atoms with Crippen molar-refractivity contribution >= 4 is 40.8 Å². The van der Waals surface area contributed by atoms with Gasteiger partial charge in [-0.2, -0.15) is 5.26 Å². The quantitative estimate of drug-likeness (QED) is 0.415. The van der Waals surface area contributed by atoms with Crippen molar-refractivity contribution in [1.82, 2.24) is 9.97 Å². The summed E-state index contributed by atoms with van der Waals surface area (Å²) in [6.07, 6.45) is 0. The van der Waals surface area contributed by atoms with Gasteiger partial charge in [-0.1, -0.05) is 59.2 Å². The summed E-state index contributed by atoms with van der Waals surface area (Å²) in [7, 11) is 0. The first-order chi connectivity index (χ1) is 13.5. The van der Waals surface area contributed by atoms with Crippen LogP contribution in [0, 0.1) is 18.3 Å². The van der Waals surface area contributed by atoms with Crippen molar-refractivity contribution in [1.29, 1.82) is 5.26 Å². The summed E-state index contributed by atoms with van der Waals surface area (Å²) in [5.41, 5.74) is 8.53. The molecule has 0 aliphatic rings. The van der Waals surface area contributed by atoms with E-state index in [0.717, 1.165) is 16.9 Å². The van der Waals surface area contributed by atoms with E-state index in [1.807, 2.05) is 37.3 Å². The number of nitrogens with two attached hydrogens (primary N) is 1. The van der Waals surface area contributed by atoms with E-state index in [-0.39, 0.29) is 18.0 Å². The van der Waals surface area contributed by atoms with Gasteiger partial charge in [-0.25, -0.2) is 9.97 Å². The molecule has 0 saturated heterocycles. The van der Waals surface area contributed by atoms with Crippen molar-refractivity contribution in [3.8, 4) is 11.8 Å². The molecule has 0 bridgehead atoms. The summed E-state index contributed by atoms with van der Waals surface area (Å²) in [6, 6.07) is 15.0. The number of hydrogen-bond donors (Lipinski definition) is 1. The Morgan fingerprint density at radius 2 is 1.96 bits per heavy atom. The molecule has 142 valence electrons. The highest BCUT2D eigenvalue weighted by atomic mass is 35.5. The predicted octanol–water partition coefficient (Wildman–Crippen LogP) is 5.42. The largest absolute Gasteiger partial charge is 0.487 e. The average Bonchev–Trinajstić information content (AvgIpc) is 2.66. The number of ether oxygens (including phenoxy) is 1. The van der Waals surface area contributed by atoms with Crippen LogP contribution in [-0.2, 0) is 12.4 Å². The minimum atomic E-state index is 0.121. The molecule has 2 N–H and O–H groups in total. The summed E-state index contributed by atoms with van der Waals surface area (Å²) in [5, 5.41) is 11.0. The molecule has 0 amide bonds. The molecule has 0 saturated carbocycles. The number of halogens is 2. The maximum atomic E-state index is 9.41. The molecule has 0 radical (unpaired) electrons. The number of benzene rings is 2. The molecule has 0 spiro atoms. The van der Waals surface area contributed by atoms with Crippen molar-refractivity contribution in [2.45, 2.75) is 24.4 Å². The van der Waals surface area contributed by atoms with Gasteiger partial charge in [0.15, 0.2) is 5.16 Å². The molecule has 8 heteroatoms. The molecular formula is C20H16Cl2N4OS. The first-order valence-corrected chi connectivity index (χ1v) is 10.0. The Morgan fingerprint density at radius 1 is 1.18 bits per heavy atom. The zero-order valence-electron chi connectivity index (χ0n) is 14.9. The number of aryl methyl sites for hydroxylation is 1. The second-order valence-electron chi connectivity index (χ2n) is 5.90. The van der Waals surface area contributed by atoms with E-state index >= 15 is 0 Å². The SMILES string of the molecule is Cc1ccccc1OCc1nc(SCc2ccc(Cl)cc2Cl)nc(N)c1C#N. The second-order valence-corrected chi connectivity index (χ2v) is 7.69. The van der Waals surface area contributed by atoms with Crippen LogP contribution < -0.4 is 10.5 Å². The van der Waals surface area contributed by atoms with Crippen LogP contribution in [0.3, 0.4) is 0 Å². The molecule has 1 aromatic heterocycles. The Hall–Kier alpha value is -2.46. The van der Waals surface area contributed by atoms with E-state index in [1.165, 1.54) is 11.8 Å². The molecule has 0 fully saturated rings. The molecule has 0 atom stereocenters. The van der Waals surface area contributed by atoms with Gasteiger partial charge in [0.05, 0.1) is 0 Å². The highest BCUT2D eigenvalue weighted by Gasteiger charge is 2.14. The van der Waals surface area contributed by atoms with E-state index in [1.54, 1.807) is 12.1 Å². The van der Waals surface area contributed by atoms with Gasteiger partial charge in [0, 0.05) is 15.8 Å². The fraction of sp³-hybridized carbons (Fsp3) is 0.150. The normalized spacial score (nSPS) is 10.5. The van der Waals surface area contributed by atoms with Gasteiger partial charge in [0.25, 0.3) is 0 Å². The summed E-state index contributed by atoms with van der Waals surface area (Å²) in [4.78, 5) is 8.69. The Balaban J connectivity index is 1.79. The summed E-state index contributed by atoms with van der Waals surface area (Å²) in [6.45, 7) is 2.07. The van der Waals surface area contributed by atoms with Crippen LogP contribution in [0.4, 0.5) is 5.82 Å². The van der Waals surface area contributed by atoms with Crippen LogP contribution in [-0.4, -0.2) is 9.97 Å². The van der Waals surface area contributed by atoms with Gasteiger partial charge >= 0.3 is 0 Å². The van der Waals surface area contributed by atoms with Crippen molar-refractivity contribution in [3.63, 3.8) is 0 Å². The van der Waals surface area contributed by atoms with Crippen molar-refractivity contribution in [3.05, 3.63) is 74.9 Å². The summed E-state index contributed by atoms with van der Waals surface area (Å²) >= 11 is 13.5. The van der Waals surface area contributed by atoms with Gasteiger partial charge in [-0.15, -0.1) is 0 Å². The second kappa shape index (κ2) is 9.16. The standard InChI is InChI=1S/C20H16Cl2N4OS/c1-12-4-2-3-5-18(12)27-10-17-15(9-23)19(24)26-20(25-17)28-11-13-6-7-14(21)8-16(13)22/h2-8H,10-11H2,1H3,(H2,24,25,26). The first-order valence-electron chi connectivity index (χ1n) is 8.29. The average molecular weight is 431 g/mol. The van der Waals surface area contributed by atoms with E-state index < -0.39 is 0 Å². The molecular weight excluding hydrogens is 415 g/mol. The monoisotopic (exact) mass is 430 g/mol. The van der Waals surface area contributed by atoms with Crippen LogP contribution in [0.15, 0.2) is 47.6 Å². The molecule has 1 heterocycles. The number of nitriles is 1. The number of thioether (sulfide) groups is 1. The van der Waals surface area contributed by atoms with E-state index in [0.29, 0.717) is 26.6 Å². The van der Waals surface area contributed by atoms with Gasteiger partial charge in [-0.3, -0.25) is 0 Å². The fourth-order valence-electron chi connectivity index (χ4n) is 2.44. The molecule has 3 aromatic rings. The third-order valence-electron chi connectivity index (χ3n) is 3.93. The zero-order valence-corrected chi connectivity index (χ0v) is 17.3. The zero-order chi connectivity index (χ0) is 20.1. The third kappa shape index (κ3) is 4.87. The number of nitrogen functional groups attached to an aromatic ring is 1. The van der Waals surface area contributed by atoms with Gasteiger partial charge in [-0.05, 0) is 36.2 Å². The van der Waals surface area contributed by atoms with Gasteiger partial charge in [0.2, 0.25) is 0 Å². The molecule has 28 heavy (non-hydrogen) atoms. The number of anilines is 1. The maximum absolute atomic E-state index is 9.41. The summed E-state index contributed by atoms with van der Waals surface area (Å²) < 4.78 is 5.83. The van der Waals surface area contributed by atoms with Crippen molar-refractivity contribution in [2.75, 3.05) is 5.73 Å². The van der Waals surface area contributed by atoms with Crippen molar-refractivity contribution < 1.29 is 4.74 Å². The van der Waals surface area contributed by atoms with Crippen LogP contribution in [0.1, 0.15) is 22.4 Å². The lowest BCUT2D eigenvalue weighted by Crippen LogP contribution is -2.08. The number of aromatic nitrogens is 2. The molecule has 3 rings (SSSR count). The van der Waals surface area contributed by atoms with E-state index in [4.69, 9.17) is 33.7 Å². The number of hydrogen-bond acceptors (Lipinski definition) is 6. The van der Waals surface area contributed by atoms with E-state index in [2.05, 4.69) is 16.0 Å². The highest BCUT2D eigenvalue weighted by molar-refractivity contribution is 7.98. The number of rotatable bonds is 6. The molecule has 0 aliphatic heterocycles. The predicted molar refractivity (Wildman–Crippen MR) is 113 cm³/mol. The van der Waals surface area contributed by atoms with Crippen LogP contribution in [0.5, 0.6) is 5.75 Å². The van der Waals surface area contributed by atoms with Gasteiger partial charge < -0.3 is 10.5 Å². The molecule has 5 nitrogen and oxygen atoms in total. The Bertz CT molecular complexity index is 1050. The lowest BCUT2D eigenvalue weighted by molar-refractivity contribution is 0.297. The molecule has 2 aromatic carbocycles. The minimum Gasteiger partial charge on any atom is -0.487 e. The Kier molecular flexibility index (Phi) is 6.63. The maximum Gasteiger partial charge on any atom is 0.190 e. The smallest absolute Gasteiger partial charge is 0.190 e. The number of nitrogens with zero attached hydrogens (tertiary/aromatic N) is 3. The topological polar surface area (TPSA) is 84.8 Å². The fourth-order valence-corrected chi connectivity index (χ4v) is 3.87. The molecule has 0 unspecified atom stereocenters. The first kappa shape index (κ1) is 20.3. The summed E-state index contributed by atoms with van der Waals surface area (Å²) in [5.74, 6) is 1.40. The Labute approximate surface area is 177 Å². The van der Waals surface area contributed by atoms with Crippen molar-refractivity contribution in [2.24, 2.45) is 0 Å². The lowest BCUT2D eigenvalue weighted by Gasteiger charge is -2.11. The lowest BCUT2D eigenvalue weighted by atomic mass is 10.2. The molecule has 0 aliphatic carbocycles. The van der Waals surface area contributed by atoms with E-state index in [9.17, 15) is 5.26 Å². The van der Waals surface area contributed by atoms with Crippen LogP contribution in [0.2, 0.25) is 10.0 Å². The Morgan fingerprint density at radius 3 is 2.68 bits per heavy atom. The minimum absolute atomic E-state index is 0.121.